The zero-order valence-corrected chi connectivity index (χ0v) is 12.4. The highest BCUT2D eigenvalue weighted by Gasteiger charge is 2.34. The molecule has 0 radical (unpaired) electrons. The lowest BCUT2D eigenvalue weighted by Gasteiger charge is -2.36. The first-order valence-electron chi connectivity index (χ1n) is 6.10. The molecule has 1 aliphatic heterocycles. The average Bonchev–Trinajstić information content (AvgIpc) is 2.89. The van der Waals surface area contributed by atoms with Crippen LogP contribution in [0.3, 0.4) is 0 Å². The lowest BCUT2D eigenvalue weighted by molar-refractivity contribution is 0.0439. The number of aromatic nitrogens is 1. The number of alkyl halides is 1. The van der Waals surface area contributed by atoms with Crippen LogP contribution in [0, 0.1) is 0 Å². The van der Waals surface area contributed by atoms with E-state index in [1.807, 2.05) is 0 Å². The van der Waals surface area contributed by atoms with E-state index in [2.05, 4.69) is 26.4 Å². The van der Waals surface area contributed by atoms with Crippen LogP contribution in [0.5, 0.6) is 0 Å². The minimum atomic E-state index is -0.268. The molecular formula is C12H17BrN2O4. The summed E-state index contributed by atoms with van der Waals surface area (Å²) in [5.74, 6) is 0.306. The molecule has 1 aliphatic rings. The smallest absolute Gasteiger partial charge is 0.273 e. The molecule has 0 spiro atoms. The van der Waals surface area contributed by atoms with Crippen molar-refractivity contribution in [3.05, 3.63) is 17.5 Å². The second-order valence-corrected chi connectivity index (χ2v) is 5.15. The summed E-state index contributed by atoms with van der Waals surface area (Å²) in [5.41, 5.74) is 0.00858. The maximum atomic E-state index is 12.2. The standard InChI is InChI=1S/C12H17BrN2O4/c1-17-7-9-6-10(15-19-9)11(16)14-12(8-13)2-4-18-5-3-12/h6H,2-5,7-8H2,1H3,(H,14,16). The maximum absolute atomic E-state index is 12.2. The Bertz CT molecular complexity index is 429. The van der Waals surface area contributed by atoms with Crippen molar-refractivity contribution in [2.24, 2.45) is 0 Å². The molecule has 0 atom stereocenters. The van der Waals surface area contributed by atoms with Gasteiger partial charge in [0.15, 0.2) is 11.5 Å². The van der Waals surface area contributed by atoms with Gasteiger partial charge in [0.2, 0.25) is 0 Å². The summed E-state index contributed by atoms with van der Waals surface area (Å²) >= 11 is 3.47. The predicted octanol–water partition coefficient (Wildman–Crippen LogP) is 1.49. The Labute approximate surface area is 119 Å². The lowest BCUT2D eigenvalue weighted by Crippen LogP contribution is -2.53. The Hall–Kier alpha value is -0.920. The molecule has 1 aromatic rings. The summed E-state index contributed by atoms with van der Waals surface area (Å²) in [5, 5.41) is 7.47. The Morgan fingerprint density at radius 3 is 2.95 bits per heavy atom. The number of hydrogen-bond donors (Lipinski definition) is 1. The summed E-state index contributed by atoms with van der Waals surface area (Å²) in [7, 11) is 1.56. The third-order valence-corrected chi connectivity index (χ3v) is 4.24. The molecule has 1 N–H and O–H groups in total. The first kappa shape index (κ1) is 14.5. The number of nitrogens with one attached hydrogen (secondary N) is 1. The Kier molecular flexibility index (Phi) is 4.95. The third kappa shape index (κ3) is 3.55. The molecule has 1 aromatic heterocycles. The summed E-state index contributed by atoms with van der Waals surface area (Å²) in [6.45, 7) is 1.61. The van der Waals surface area contributed by atoms with Crippen molar-refractivity contribution in [3.63, 3.8) is 0 Å². The fraction of sp³-hybridized carbons (Fsp3) is 0.667. The van der Waals surface area contributed by atoms with Crippen LogP contribution in [0.1, 0.15) is 29.1 Å². The van der Waals surface area contributed by atoms with Gasteiger partial charge in [-0.25, -0.2) is 0 Å². The molecule has 2 heterocycles. The third-order valence-electron chi connectivity index (χ3n) is 3.16. The van der Waals surface area contributed by atoms with Crippen LogP contribution in [-0.2, 0) is 16.1 Å². The zero-order chi connectivity index (χ0) is 13.7. The van der Waals surface area contributed by atoms with E-state index in [-0.39, 0.29) is 17.1 Å². The molecule has 1 saturated heterocycles. The first-order valence-corrected chi connectivity index (χ1v) is 7.22. The summed E-state index contributed by atoms with van der Waals surface area (Å²) < 4.78 is 15.3. The SMILES string of the molecule is COCc1cc(C(=O)NC2(CBr)CCOCC2)no1. The van der Waals surface area contributed by atoms with Crippen molar-refractivity contribution in [1.82, 2.24) is 10.5 Å². The molecule has 0 aliphatic carbocycles. The molecular weight excluding hydrogens is 316 g/mol. The number of amides is 1. The molecule has 19 heavy (non-hydrogen) atoms. The van der Waals surface area contributed by atoms with Gasteiger partial charge in [0.1, 0.15) is 6.61 Å². The zero-order valence-electron chi connectivity index (χ0n) is 10.8. The second kappa shape index (κ2) is 6.49. The van der Waals surface area contributed by atoms with E-state index < -0.39 is 0 Å². The monoisotopic (exact) mass is 332 g/mol. The van der Waals surface area contributed by atoms with Gasteiger partial charge in [0.05, 0.1) is 5.54 Å². The molecule has 2 rings (SSSR count). The number of ether oxygens (including phenoxy) is 2. The van der Waals surface area contributed by atoms with Gasteiger partial charge in [-0.2, -0.15) is 0 Å². The van der Waals surface area contributed by atoms with Crippen molar-refractivity contribution in [2.45, 2.75) is 25.0 Å². The van der Waals surface area contributed by atoms with Crippen molar-refractivity contribution in [1.29, 1.82) is 0 Å². The van der Waals surface area contributed by atoms with E-state index in [9.17, 15) is 4.79 Å². The number of carbonyl (C=O) groups excluding carboxylic acids is 1. The Morgan fingerprint density at radius 2 is 2.32 bits per heavy atom. The number of hydrogen-bond acceptors (Lipinski definition) is 5. The second-order valence-electron chi connectivity index (χ2n) is 4.59. The van der Waals surface area contributed by atoms with Crippen molar-refractivity contribution in [2.75, 3.05) is 25.7 Å². The van der Waals surface area contributed by atoms with Gasteiger partial charge in [-0.3, -0.25) is 4.79 Å². The van der Waals surface area contributed by atoms with Gasteiger partial charge >= 0.3 is 0 Å². The van der Waals surface area contributed by atoms with Gasteiger partial charge in [-0.15, -0.1) is 0 Å². The fourth-order valence-corrected chi connectivity index (χ4v) is 2.69. The topological polar surface area (TPSA) is 73.6 Å². The Morgan fingerprint density at radius 1 is 1.58 bits per heavy atom. The van der Waals surface area contributed by atoms with Crippen molar-refractivity contribution >= 4 is 21.8 Å². The fourth-order valence-electron chi connectivity index (χ4n) is 1.99. The number of halogens is 1. The molecule has 0 bridgehead atoms. The quantitative estimate of drug-likeness (QED) is 0.827. The maximum Gasteiger partial charge on any atom is 0.273 e. The lowest BCUT2D eigenvalue weighted by atomic mass is 9.92. The van der Waals surface area contributed by atoms with Crippen LogP contribution >= 0.6 is 15.9 Å². The van der Waals surface area contributed by atoms with E-state index in [0.717, 1.165) is 12.8 Å². The molecule has 0 saturated carbocycles. The summed E-state index contributed by atoms with van der Waals surface area (Å²) in [4.78, 5) is 12.2. The van der Waals surface area contributed by atoms with Crippen LogP contribution in [-0.4, -0.2) is 42.3 Å². The van der Waals surface area contributed by atoms with Gasteiger partial charge in [0.25, 0.3) is 5.91 Å². The minimum Gasteiger partial charge on any atom is -0.381 e. The van der Waals surface area contributed by atoms with E-state index in [4.69, 9.17) is 14.0 Å². The predicted molar refractivity (Wildman–Crippen MR) is 71.3 cm³/mol. The average molecular weight is 333 g/mol. The normalized spacial score (nSPS) is 18.2. The highest BCUT2D eigenvalue weighted by atomic mass is 79.9. The van der Waals surface area contributed by atoms with Gasteiger partial charge in [-0.05, 0) is 12.8 Å². The molecule has 6 nitrogen and oxygen atoms in total. The van der Waals surface area contributed by atoms with Crippen molar-refractivity contribution < 1.29 is 18.8 Å². The first-order chi connectivity index (χ1) is 9.19. The van der Waals surface area contributed by atoms with Gasteiger partial charge in [0, 0.05) is 31.7 Å². The highest BCUT2D eigenvalue weighted by molar-refractivity contribution is 9.09. The number of carbonyl (C=O) groups is 1. The van der Waals surface area contributed by atoms with Crippen LogP contribution in [0.15, 0.2) is 10.6 Å². The molecule has 1 amide bonds. The molecule has 1 fully saturated rings. The summed E-state index contributed by atoms with van der Waals surface area (Å²) in [6.07, 6.45) is 1.57. The van der Waals surface area contributed by atoms with Gasteiger partial charge in [-0.1, -0.05) is 21.1 Å². The van der Waals surface area contributed by atoms with Crippen LogP contribution in [0.2, 0.25) is 0 Å². The van der Waals surface area contributed by atoms with Crippen LogP contribution < -0.4 is 5.32 Å². The Balaban J connectivity index is 2.02. The number of methoxy groups -OCH3 is 1. The number of nitrogens with zero attached hydrogens (tertiary/aromatic N) is 1. The van der Waals surface area contributed by atoms with Crippen molar-refractivity contribution in [3.8, 4) is 0 Å². The largest absolute Gasteiger partial charge is 0.381 e. The van der Waals surface area contributed by atoms with Crippen LogP contribution in [0.4, 0.5) is 0 Å². The highest BCUT2D eigenvalue weighted by Crippen LogP contribution is 2.23. The summed E-state index contributed by atoms with van der Waals surface area (Å²) in [6, 6.07) is 1.60. The van der Waals surface area contributed by atoms with E-state index in [1.165, 1.54) is 0 Å². The molecule has 7 heteroatoms. The number of rotatable bonds is 5. The molecule has 106 valence electrons. The van der Waals surface area contributed by atoms with Crippen LogP contribution in [0.25, 0.3) is 0 Å². The molecule has 0 aromatic carbocycles. The van der Waals surface area contributed by atoms with E-state index >= 15 is 0 Å². The van der Waals surface area contributed by atoms with Gasteiger partial charge < -0.3 is 19.3 Å². The van der Waals surface area contributed by atoms with E-state index in [1.54, 1.807) is 13.2 Å². The minimum absolute atomic E-state index is 0.229. The molecule has 0 unspecified atom stereocenters. The van der Waals surface area contributed by atoms with E-state index in [0.29, 0.717) is 30.9 Å².